The molecule has 1 fully saturated rings. The Morgan fingerprint density at radius 1 is 1.05 bits per heavy atom. The first-order valence-electron chi connectivity index (χ1n) is 12.7. The molecule has 202 valence electrons. The molecule has 0 saturated carbocycles. The summed E-state index contributed by atoms with van der Waals surface area (Å²) in [5.74, 6) is -1.12. The van der Waals surface area contributed by atoms with Gasteiger partial charge in [-0.3, -0.25) is 14.5 Å². The van der Waals surface area contributed by atoms with E-state index < -0.39 is 17.1 Å². The van der Waals surface area contributed by atoms with E-state index in [2.05, 4.69) is 34.3 Å². The molecule has 1 aliphatic rings. The maximum atomic E-state index is 13.4. The summed E-state index contributed by atoms with van der Waals surface area (Å²) in [6, 6.07) is 16.0. The third-order valence-electron chi connectivity index (χ3n) is 7.04. The second-order valence-electron chi connectivity index (χ2n) is 9.69. The van der Waals surface area contributed by atoms with E-state index in [0.717, 1.165) is 31.7 Å². The van der Waals surface area contributed by atoms with Crippen LogP contribution in [0.3, 0.4) is 0 Å². The number of amides is 1. The number of benzene rings is 2. The van der Waals surface area contributed by atoms with Crippen LogP contribution in [0.15, 0.2) is 63.8 Å². The van der Waals surface area contributed by atoms with Gasteiger partial charge in [0.25, 0.3) is 0 Å². The van der Waals surface area contributed by atoms with Crippen molar-refractivity contribution < 1.29 is 24.2 Å². The lowest BCUT2D eigenvalue weighted by atomic mass is 9.91. The summed E-state index contributed by atoms with van der Waals surface area (Å²) >= 11 is 0. The average Bonchev–Trinajstić information content (AvgIpc) is 2.91. The Balaban J connectivity index is 1.59. The molecule has 2 aromatic carbocycles. The minimum absolute atomic E-state index is 0.00318. The predicted molar refractivity (Wildman–Crippen MR) is 144 cm³/mol. The largest absolute Gasteiger partial charge is 0.504 e. The fourth-order valence-corrected chi connectivity index (χ4v) is 4.87. The lowest BCUT2D eigenvalue weighted by Gasteiger charge is -2.38. The molecular formula is C29H35N3O6. The molecule has 3 aromatic rings. The van der Waals surface area contributed by atoms with Crippen molar-refractivity contribution in [3.05, 3.63) is 87.5 Å². The van der Waals surface area contributed by atoms with Crippen molar-refractivity contribution in [1.82, 2.24) is 15.1 Å². The third kappa shape index (κ3) is 6.35. The summed E-state index contributed by atoms with van der Waals surface area (Å²) in [6.45, 7) is 5.71. The number of carbonyl (C=O) groups excluding carboxylic acids is 1. The predicted octanol–water partition coefficient (Wildman–Crippen LogP) is 2.99. The number of ether oxygens (including phenoxy) is 1. The molecule has 0 aliphatic carbocycles. The van der Waals surface area contributed by atoms with Gasteiger partial charge in [-0.05, 0) is 37.2 Å². The lowest BCUT2D eigenvalue weighted by Crippen LogP contribution is -2.48. The van der Waals surface area contributed by atoms with Gasteiger partial charge in [-0.25, -0.2) is 0 Å². The van der Waals surface area contributed by atoms with Gasteiger partial charge < -0.3 is 29.6 Å². The molecular weight excluding hydrogens is 486 g/mol. The lowest BCUT2D eigenvalue weighted by molar-refractivity contribution is -0.121. The Morgan fingerprint density at radius 2 is 1.76 bits per heavy atom. The summed E-state index contributed by atoms with van der Waals surface area (Å²) in [4.78, 5) is 30.4. The zero-order chi connectivity index (χ0) is 27.2. The number of piperazine rings is 1. The van der Waals surface area contributed by atoms with Crippen molar-refractivity contribution in [1.29, 1.82) is 0 Å². The number of hydrogen-bond donors (Lipinski definition) is 3. The number of nitrogens with zero attached hydrogens (tertiary/aromatic N) is 2. The number of phenolic OH excluding ortho intramolecular Hbond substituents is 1. The molecule has 9 nitrogen and oxygen atoms in total. The topological polar surface area (TPSA) is 115 Å². The summed E-state index contributed by atoms with van der Waals surface area (Å²) < 4.78 is 11.0. The van der Waals surface area contributed by atoms with Gasteiger partial charge in [0, 0.05) is 45.2 Å². The normalized spacial score (nSPS) is 16.1. The van der Waals surface area contributed by atoms with E-state index in [9.17, 15) is 19.8 Å². The minimum Gasteiger partial charge on any atom is -0.504 e. The first kappa shape index (κ1) is 27.2. The Morgan fingerprint density at radius 3 is 2.45 bits per heavy atom. The molecule has 0 radical (unpaired) electrons. The average molecular weight is 522 g/mol. The standard InChI is InChI=1S/C29H35N3O6/c1-19-15-25(34)28(36)29(38-19)22(21-9-10-24(33)26(16-21)37-3)17-27(35)30-18-23(20-7-5-4-6-8-20)32-13-11-31(2)12-14-32/h4-10,15-16,22-23,33,36H,11-14,17-18H2,1-3H3,(H,30,35)/t22-,23-/m0/s1. The first-order valence-corrected chi connectivity index (χ1v) is 12.7. The molecule has 0 bridgehead atoms. The fraction of sp³-hybridized carbons (Fsp3) is 0.379. The molecule has 3 N–H and O–H groups in total. The van der Waals surface area contributed by atoms with Gasteiger partial charge >= 0.3 is 0 Å². The second kappa shape index (κ2) is 12.1. The van der Waals surface area contributed by atoms with E-state index in [1.807, 2.05) is 18.2 Å². The highest BCUT2D eigenvalue weighted by Crippen LogP contribution is 2.37. The van der Waals surface area contributed by atoms with Gasteiger partial charge in [0.05, 0.1) is 19.1 Å². The molecule has 4 rings (SSSR count). The third-order valence-corrected chi connectivity index (χ3v) is 7.04. The Kier molecular flexibility index (Phi) is 8.70. The van der Waals surface area contributed by atoms with Crippen LogP contribution in [0.25, 0.3) is 0 Å². The van der Waals surface area contributed by atoms with E-state index in [1.165, 1.54) is 19.2 Å². The van der Waals surface area contributed by atoms with E-state index in [-0.39, 0.29) is 35.6 Å². The monoisotopic (exact) mass is 521 g/mol. The quantitative estimate of drug-likeness (QED) is 0.394. The summed E-state index contributed by atoms with van der Waals surface area (Å²) in [6.07, 6.45) is -0.0852. The number of aromatic hydroxyl groups is 2. The number of nitrogens with one attached hydrogen (secondary N) is 1. The van der Waals surface area contributed by atoms with Gasteiger partial charge in [-0.1, -0.05) is 36.4 Å². The maximum absolute atomic E-state index is 13.4. The molecule has 9 heteroatoms. The van der Waals surface area contributed by atoms with Crippen LogP contribution < -0.4 is 15.5 Å². The van der Waals surface area contributed by atoms with Gasteiger partial charge in [0.15, 0.2) is 17.3 Å². The van der Waals surface area contributed by atoms with Crippen molar-refractivity contribution in [3.8, 4) is 17.2 Å². The van der Waals surface area contributed by atoms with E-state index in [1.54, 1.807) is 19.1 Å². The minimum atomic E-state index is -0.782. The van der Waals surface area contributed by atoms with Crippen LogP contribution in [0.5, 0.6) is 17.2 Å². The molecule has 0 spiro atoms. The number of phenols is 1. The summed E-state index contributed by atoms with van der Waals surface area (Å²) in [7, 11) is 3.53. The Hall–Kier alpha value is -3.82. The Labute approximate surface area is 222 Å². The van der Waals surface area contributed by atoms with Gasteiger partial charge in [0.1, 0.15) is 5.76 Å². The van der Waals surface area contributed by atoms with Crippen molar-refractivity contribution >= 4 is 5.91 Å². The van der Waals surface area contributed by atoms with Crippen LogP contribution >= 0.6 is 0 Å². The number of rotatable bonds is 9. The number of methoxy groups -OCH3 is 1. The highest BCUT2D eigenvalue weighted by atomic mass is 16.5. The van der Waals surface area contributed by atoms with Crippen molar-refractivity contribution in [3.63, 3.8) is 0 Å². The zero-order valence-electron chi connectivity index (χ0n) is 22.0. The molecule has 2 heterocycles. The summed E-state index contributed by atoms with van der Waals surface area (Å²) in [5, 5.41) is 23.7. The molecule has 2 atom stereocenters. The number of likely N-dealkylation sites (N-methyl/N-ethyl adjacent to an activating group) is 1. The molecule has 1 aromatic heterocycles. The van der Waals surface area contributed by atoms with Crippen molar-refractivity contribution in [2.24, 2.45) is 0 Å². The SMILES string of the molecule is COc1cc([C@H](CC(=O)NC[C@@H](c2ccccc2)N2CCN(C)CC2)c2oc(C)cc(=O)c2O)ccc1O. The second-order valence-corrected chi connectivity index (χ2v) is 9.69. The van der Waals surface area contributed by atoms with E-state index in [0.29, 0.717) is 17.9 Å². The summed E-state index contributed by atoms with van der Waals surface area (Å²) in [5.41, 5.74) is 1.09. The van der Waals surface area contributed by atoms with Crippen LogP contribution in [-0.2, 0) is 4.79 Å². The van der Waals surface area contributed by atoms with E-state index >= 15 is 0 Å². The molecule has 0 unspecified atom stereocenters. The number of hydrogen-bond acceptors (Lipinski definition) is 8. The Bertz CT molecular complexity index is 1300. The van der Waals surface area contributed by atoms with Crippen molar-refractivity contribution in [2.45, 2.75) is 25.3 Å². The zero-order valence-corrected chi connectivity index (χ0v) is 22.0. The fourth-order valence-electron chi connectivity index (χ4n) is 4.87. The highest BCUT2D eigenvalue weighted by molar-refractivity contribution is 5.77. The maximum Gasteiger partial charge on any atom is 0.227 e. The number of carbonyl (C=O) groups is 1. The van der Waals surface area contributed by atoms with Crippen molar-refractivity contribution in [2.75, 3.05) is 46.9 Å². The van der Waals surface area contributed by atoms with Gasteiger partial charge in [-0.15, -0.1) is 0 Å². The highest BCUT2D eigenvalue weighted by Gasteiger charge is 2.28. The molecule has 1 amide bonds. The molecule has 1 saturated heterocycles. The van der Waals surface area contributed by atoms with Crippen LogP contribution in [0.2, 0.25) is 0 Å². The van der Waals surface area contributed by atoms with Crippen LogP contribution in [-0.4, -0.2) is 72.8 Å². The van der Waals surface area contributed by atoms with Gasteiger partial charge in [-0.2, -0.15) is 0 Å². The van der Waals surface area contributed by atoms with Crippen LogP contribution in [0.1, 0.15) is 41.0 Å². The molecule has 1 aliphatic heterocycles. The smallest absolute Gasteiger partial charge is 0.227 e. The number of aryl methyl sites for hydroxylation is 1. The van der Waals surface area contributed by atoms with Gasteiger partial charge in [0.2, 0.25) is 17.1 Å². The van der Waals surface area contributed by atoms with Crippen LogP contribution in [0.4, 0.5) is 0 Å². The van der Waals surface area contributed by atoms with Crippen LogP contribution in [0, 0.1) is 6.92 Å². The molecule has 38 heavy (non-hydrogen) atoms. The first-order chi connectivity index (χ1) is 18.3. The van der Waals surface area contributed by atoms with E-state index in [4.69, 9.17) is 9.15 Å².